The molecule has 0 saturated carbocycles. The van der Waals surface area contributed by atoms with Gasteiger partial charge in [-0.15, -0.1) is 0 Å². The molecule has 0 spiro atoms. The van der Waals surface area contributed by atoms with Crippen LogP contribution < -0.4 is 0 Å². The normalized spacial score (nSPS) is 21.3. The molecule has 5 heteroatoms. The van der Waals surface area contributed by atoms with Gasteiger partial charge in [0.1, 0.15) is 5.60 Å². The van der Waals surface area contributed by atoms with Gasteiger partial charge in [-0.1, -0.05) is 6.92 Å². The Morgan fingerprint density at radius 3 is 2.11 bits per heavy atom. The van der Waals surface area contributed by atoms with Crippen LogP contribution in [-0.2, 0) is 9.53 Å². The van der Waals surface area contributed by atoms with Crippen LogP contribution in [0, 0.1) is 0 Å². The van der Waals surface area contributed by atoms with Crippen molar-refractivity contribution >= 4 is 5.91 Å². The minimum atomic E-state index is -0.710. The Morgan fingerprint density at radius 1 is 1.21 bits per heavy atom. The highest BCUT2D eigenvalue weighted by molar-refractivity contribution is 5.84. The van der Waals surface area contributed by atoms with Crippen LogP contribution in [0.15, 0.2) is 0 Å². The fourth-order valence-corrected chi connectivity index (χ4v) is 2.37. The van der Waals surface area contributed by atoms with Gasteiger partial charge in [0.2, 0.25) is 0 Å². The van der Waals surface area contributed by atoms with Crippen molar-refractivity contribution in [1.29, 1.82) is 0 Å². The van der Waals surface area contributed by atoms with Crippen molar-refractivity contribution in [2.45, 2.75) is 45.3 Å². The molecule has 0 bridgehead atoms. The van der Waals surface area contributed by atoms with Crippen LogP contribution in [0.2, 0.25) is 0 Å². The number of ether oxygens (including phenoxy) is 1. The molecule has 1 N–H and O–H groups in total. The molecule has 1 atom stereocenters. The molecule has 1 amide bonds. The van der Waals surface area contributed by atoms with Crippen molar-refractivity contribution in [2.75, 3.05) is 39.8 Å². The van der Waals surface area contributed by atoms with Crippen LogP contribution in [0.4, 0.5) is 0 Å². The Bertz CT molecular complexity index is 300. The molecule has 1 heterocycles. The summed E-state index contributed by atoms with van der Waals surface area (Å²) >= 11 is 0. The molecule has 5 nitrogen and oxygen atoms in total. The highest BCUT2D eigenvalue weighted by Gasteiger charge is 2.36. The van der Waals surface area contributed by atoms with Crippen LogP contribution in [0.3, 0.4) is 0 Å². The smallest absolute Gasteiger partial charge is 0.254 e. The molecule has 1 saturated heterocycles. The maximum absolute atomic E-state index is 12.4. The van der Waals surface area contributed by atoms with Crippen LogP contribution in [0.5, 0.6) is 0 Å². The third-order valence-electron chi connectivity index (χ3n) is 3.85. The van der Waals surface area contributed by atoms with Gasteiger partial charge in [-0.05, 0) is 27.2 Å². The van der Waals surface area contributed by atoms with Gasteiger partial charge < -0.3 is 14.7 Å². The lowest BCUT2D eigenvalue weighted by Gasteiger charge is -2.40. The van der Waals surface area contributed by atoms with Gasteiger partial charge in [0.05, 0.1) is 5.60 Å². The number of carbonyl (C=O) groups is 1. The second kappa shape index (κ2) is 6.20. The lowest BCUT2D eigenvalue weighted by Crippen LogP contribution is -2.56. The highest BCUT2D eigenvalue weighted by atomic mass is 16.5. The van der Waals surface area contributed by atoms with E-state index in [0.717, 1.165) is 13.1 Å². The van der Waals surface area contributed by atoms with Crippen molar-refractivity contribution < 1.29 is 14.6 Å². The zero-order valence-corrected chi connectivity index (χ0v) is 12.9. The minimum Gasteiger partial charge on any atom is -0.389 e. The number of piperazine rings is 1. The Labute approximate surface area is 116 Å². The van der Waals surface area contributed by atoms with Gasteiger partial charge in [0.25, 0.3) is 5.91 Å². The number of amides is 1. The zero-order chi connectivity index (χ0) is 14.7. The number of methoxy groups -OCH3 is 1. The van der Waals surface area contributed by atoms with Gasteiger partial charge in [-0.2, -0.15) is 0 Å². The van der Waals surface area contributed by atoms with Gasteiger partial charge >= 0.3 is 0 Å². The largest absolute Gasteiger partial charge is 0.389 e. The summed E-state index contributed by atoms with van der Waals surface area (Å²) in [5.74, 6) is 0.0698. The quantitative estimate of drug-likeness (QED) is 0.801. The summed E-state index contributed by atoms with van der Waals surface area (Å²) in [6.45, 7) is 11.1. The molecule has 1 rings (SSSR count). The van der Waals surface area contributed by atoms with E-state index in [9.17, 15) is 9.90 Å². The second-order valence-corrected chi connectivity index (χ2v) is 6.17. The second-order valence-electron chi connectivity index (χ2n) is 6.17. The molecule has 1 aliphatic rings. The molecule has 112 valence electrons. The number of aliphatic hydroxyl groups is 1. The summed E-state index contributed by atoms with van der Waals surface area (Å²) in [7, 11) is 1.59. The molecule has 0 aliphatic carbocycles. The Kier molecular flexibility index (Phi) is 5.35. The first kappa shape index (κ1) is 16.4. The predicted molar refractivity (Wildman–Crippen MR) is 75.0 cm³/mol. The van der Waals surface area contributed by atoms with E-state index in [4.69, 9.17) is 4.74 Å². The summed E-state index contributed by atoms with van der Waals surface area (Å²) in [5.41, 5.74) is -1.39. The van der Waals surface area contributed by atoms with Gasteiger partial charge in [-0.3, -0.25) is 9.69 Å². The molecular formula is C14H28N2O3. The zero-order valence-electron chi connectivity index (χ0n) is 12.9. The third kappa shape index (κ3) is 4.44. The molecule has 19 heavy (non-hydrogen) atoms. The first-order valence-corrected chi connectivity index (χ1v) is 7.01. The fraction of sp³-hybridized carbons (Fsp3) is 0.929. The van der Waals surface area contributed by atoms with E-state index in [0.29, 0.717) is 26.1 Å². The monoisotopic (exact) mass is 272 g/mol. The summed E-state index contributed by atoms with van der Waals surface area (Å²) in [5, 5.41) is 9.81. The van der Waals surface area contributed by atoms with E-state index in [1.165, 1.54) is 0 Å². The Hall–Kier alpha value is -0.650. The molecule has 1 unspecified atom stereocenters. The van der Waals surface area contributed by atoms with Crippen LogP contribution in [-0.4, -0.2) is 71.8 Å². The fourth-order valence-electron chi connectivity index (χ4n) is 2.37. The number of hydrogen-bond acceptors (Lipinski definition) is 4. The molecule has 1 fully saturated rings. The Morgan fingerprint density at radius 2 is 1.74 bits per heavy atom. The van der Waals surface area contributed by atoms with E-state index in [1.807, 2.05) is 32.6 Å². The number of nitrogens with zero attached hydrogens (tertiary/aromatic N) is 2. The standard InChI is InChI=1S/C14H28N2O3/c1-6-14(4,19-5)12(17)16-9-7-15(8-10-16)11-13(2,3)18/h18H,6-11H2,1-5H3. The molecule has 0 aromatic heterocycles. The van der Waals surface area contributed by atoms with Crippen LogP contribution in [0.25, 0.3) is 0 Å². The van der Waals surface area contributed by atoms with Crippen molar-refractivity contribution in [3.63, 3.8) is 0 Å². The van der Waals surface area contributed by atoms with Gasteiger partial charge in [0.15, 0.2) is 0 Å². The first-order chi connectivity index (χ1) is 8.72. The first-order valence-electron chi connectivity index (χ1n) is 7.01. The van der Waals surface area contributed by atoms with E-state index >= 15 is 0 Å². The molecule has 1 aliphatic heterocycles. The van der Waals surface area contributed by atoms with Crippen molar-refractivity contribution in [3.8, 4) is 0 Å². The van der Waals surface area contributed by atoms with Crippen molar-refractivity contribution in [3.05, 3.63) is 0 Å². The topological polar surface area (TPSA) is 53.0 Å². The summed E-state index contributed by atoms with van der Waals surface area (Å²) < 4.78 is 5.36. The molecule has 0 radical (unpaired) electrons. The maximum Gasteiger partial charge on any atom is 0.254 e. The van der Waals surface area contributed by atoms with Crippen molar-refractivity contribution in [2.24, 2.45) is 0 Å². The number of carbonyl (C=O) groups excluding carboxylic acids is 1. The van der Waals surface area contributed by atoms with Crippen molar-refractivity contribution in [1.82, 2.24) is 9.80 Å². The van der Waals surface area contributed by atoms with Crippen LogP contribution >= 0.6 is 0 Å². The lowest BCUT2D eigenvalue weighted by molar-refractivity contribution is -0.155. The molecule has 0 aromatic rings. The number of β-amino-alcohol motifs (C(OH)–C–C–N with tert-alkyl or cyclic N) is 1. The molecular weight excluding hydrogens is 244 g/mol. The average Bonchev–Trinajstić information content (AvgIpc) is 2.36. The Balaban J connectivity index is 2.52. The SMILES string of the molecule is CCC(C)(OC)C(=O)N1CCN(CC(C)(C)O)CC1. The van der Waals surface area contributed by atoms with Gasteiger partial charge in [0, 0.05) is 39.8 Å². The van der Waals surface area contributed by atoms with E-state index in [2.05, 4.69) is 4.90 Å². The van der Waals surface area contributed by atoms with E-state index in [1.54, 1.807) is 7.11 Å². The molecule has 0 aromatic carbocycles. The minimum absolute atomic E-state index is 0.0698. The van der Waals surface area contributed by atoms with E-state index in [-0.39, 0.29) is 5.91 Å². The third-order valence-corrected chi connectivity index (χ3v) is 3.85. The average molecular weight is 272 g/mol. The van der Waals surface area contributed by atoms with Gasteiger partial charge in [-0.25, -0.2) is 0 Å². The van der Waals surface area contributed by atoms with E-state index < -0.39 is 11.2 Å². The number of rotatable bonds is 5. The predicted octanol–water partition coefficient (Wildman–Crippen LogP) is 0.717. The number of hydrogen-bond donors (Lipinski definition) is 1. The summed E-state index contributed by atoms with van der Waals surface area (Å²) in [6, 6.07) is 0. The highest BCUT2D eigenvalue weighted by Crippen LogP contribution is 2.19. The summed E-state index contributed by atoms with van der Waals surface area (Å²) in [4.78, 5) is 16.5. The van der Waals surface area contributed by atoms with Crippen LogP contribution in [0.1, 0.15) is 34.1 Å². The summed E-state index contributed by atoms with van der Waals surface area (Å²) in [6.07, 6.45) is 0.673. The maximum atomic E-state index is 12.4. The lowest BCUT2D eigenvalue weighted by atomic mass is 10.0.